The van der Waals surface area contributed by atoms with Crippen LogP contribution in [0.4, 0.5) is 0 Å². The molecule has 0 radical (unpaired) electrons. The molecule has 0 aromatic carbocycles. The van der Waals surface area contributed by atoms with Gasteiger partial charge in [0.05, 0.1) is 0 Å². The Balaban J connectivity index is 2.31. The lowest BCUT2D eigenvalue weighted by molar-refractivity contribution is 0.165. The molecule has 0 spiro atoms. The van der Waals surface area contributed by atoms with E-state index in [0.717, 1.165) is 21.9 Å². The maximum atomic E-state index is 6.24. The maximum absolute atomic E-state index is 6.24. The minimum Gasteiger partial charge on any atom is -0.319 e. The van der Waals surface area contributed by atoms with Crippen molar-refractivity contribution in [3.63, 3.8) is 0 Å². The number of hydrogen-bond acceptors (Lipinski definition) is 3. The van der Waals surface area contributed by atoms with Gasteiger partial charge in [-0.3, -0.25) is 4.90 Å². The van der Waals surface area contributed by atoms with Crippen LogP contribution in [0.25, 0.3) is 0 Å². The Bertz CT molecular complexity index is 391. The maximum Gasteiger partial charge on any atom is 0.107 e. The van der Waals surface area contributed by atoms with Gasteiger partial charge >= 0.3 is 0 Å². The van der Waals surface area contributed by atoms with E-state index < -0.39 is 0 Å². The first-order chi connectivity index (χ1) is 9.17. The number of halogens is 2. The summed E-state index contributed by atoms with van der Waals surface area (Å²) < 4.78 is 1.91. The van der Waals surface area contributed by atoms with Gasteiger partial charge in [-0.25, -0.2) is 0 Å². The molecule has 1 aromatic rings. The third-order valence-electron chi connectivity index (χ3n) is 3.94. The molecule has 2 heterocycles. The first-order valence-electron chi connectivity index (χ1n) is 7.00. The van der Waals surface area contributed by atoms with E-state index in [9.17, 15) is 0 Å². The highest BCUT2D eigenvalue weighted by atomic mass is 79.9. The molecule has 1 aliphatic heterocycles. The van der Waals surface area contributed by atoms with Gasteiger partial charge in [0.15, 0.2) is 0 Å². The van der Waals surface area contributed by atoms with E-state index >= 15 is 0 Å². The zero-order valence-electron chi connectivity index (χ0n) is 11.6. The molecule has 1 N–H and O–H groups in total. The lowest BCUT2D eigenvalue weighted by Gasteiger charge is -2.33. The Morgan fingerprint density at radius 3 is 2.89 bits per heavy atom. The summed E-state index contributed by atoms with van der Waals surface area (Å²) in [5.41, 5.74) is 0. The first kappa shape index (κ1) is 15.8. The second kappa shape index (κ2) is 7.41. The Hall–Kier alpha value is 0.390. The zero-order chi connectivity index (χ0) is 13.8. The highest BCUT2D eigenvalue weighted by molar-refractivity contribution is 9.10. The summed E-state index contributed by atoms with van der Waals surface area (Å²) in [4.78, 5) is 4.02. The summed E-state index contributed by atoms with van der Waals surface area (Å²) in [5, 5.41) is 3.36. The number of thiophene rings is 1. The second-order valence-corrected chi connectivity index (χ2v) is 7.70. The third-order valence-corrected chi connectivity index (χ3v) is 6.48. The minimum absolute atomic E-state index is 0.508. The normalized spacial score (nSPS) is 25.5. The third kappa shape index (κ3) is 3.73. The van der Waals surface area contributed by atoms with Gasteiger partial charge in [0.1, 0.15) is 4.34 Å². The van der Waals surface area contributed by atoms with Crippen LogP contribution in [0.5, 0.6) is 0 Å². The van der Waals surface area contributed by atoms with Gasteiger partial charge in [-0.1, -0.05) is 24.9 Å². The fourth-order valence-electron chi connectivity index (χ4n) is 3.07. The van der Waals surface area contributed by atoms with Crippen molar-refractivity contribution in [1.82, 2.24) is 10.2 Å². The van der Waals surface area contributed by atoms with Crippen LogP contribution in [0.1, 0.15) is 37.1 Å². The Morgan fingerprint density at radius 1 is 1.53 bits per heavy atom. The molecule has 0 saturated carbocycles. The van der Waals surface area contributed by atoms with Crippen molar-refractivity contribution < 1.29 is 0 Å². The van der Waals surface area contributed by atoms with Gasteiger partial charge in [-0.2, -0.15) is 0 Å². The fraction of sp³-hybridized carbons (Fsp3) is 0.714. The Morgan fingerprint density at radius 2 is 2.32 bits per heavy atom. The standard InChI is InChI=1S/C14H22BrClN2S/c1-3-18-7-5-4-6-10(9-17-2)13(18)12-8-11(15)14(16)19-12/h8,10,13,17H,3-7,9H2,1-2H3. The minimum atomic E-state index is 0.508. The Kier molecular flexibility index (Phi) is 6.15. The lowest BCUT2D eigenvalue weighted by Crippen LogP contribution is -2.35. The van der Waals surface area contributed by atoms with Crippen LogP contribution in [-0.2, 0) is 0 Å². The van der Waals surface area contributed by atoms with Crippen LogP contribution in [0.2, 0.25) is 4.34 Å². The average molecular weight is 366 g/mol. The zero-order valence-corrected chi connectivity index (χ0v) is 14.7. The lowest BCUT2D eigenvalue weighted by atomic mass is 9.93. The number of nitrogens with zero attached hydrogens (tertiary/aromatic N) is 1. The average Bonchev–Trinajstić information content (AvgIpc) is 2.62. The number of rotatable bonds is 4. The predicted molar refractivity (Wildman–Crippen MR) is 88.3 cm³/mol. The molecule has 1 fully saturated rings. The highest BCUT2D eigenvalue weighted by Crippen LogP contribution is 2.42. The molecule has 5 heteroatoms. The van der Waals surface area contributed by atoms with Crippen molar-refractivity contribution in [2.45, 2.75) is 32.2 Å². The molecule has 2 atom stereocenters. The molecule has 2 rings (SSSR count). The van der Waals surface area contributed by atoms with Crippen LogP contribution in [0, 0.1) is 5.92 Å². The molecule has 0 aliphatic carbocycles. The molecule has 1 aliphatic rings. The van der Waals surface area contributed by atoms with E-state index in [0.29, 0.717) is 12.0 Å². The quantitative estimate of drug-likeness (QED) is 0.842. The monoisotopic (exact) mass is 364 g/mol. The predicted octanol–water partition coefficient (Wildman–Crippen LogP) is 4.55. The van der Waals surface area contributed by atoms with Gasteiger partial charge in [0.2, 0.25) is 0 Å². The van der Waals surface area contributed by atoms with E-state index in [2.05, 4.69) is 46.2 Å². The van der Waals surface area contributed by atoms with E-state index in [1.807, 2.05) is 0 Å². The molecule has 108 valence electrons. The van der Waals surface area contributed by atoms with E-state index in [4.69, 9.17) is 11.6 Å². The molecule has 2 nitrogen and oxygen atoms in total. The molecule has 19 heavy (non-hydrogen) atoms. The molecule has 2 unspecified atom stereocenters. The second-order valence-electron chi connectivity index (χ2n) is 5.16. The number of likely N-dealkylation sites (tertiary alicyclic amines) is 1. The SMILES string of the molecule is CCN1CCCCC(CNC)C1c1cc(Br)c(Cl)s1. The summed E-state index contributed by atoms with van der Waals surface area (Å²) in [5.74, 6) is 0.675. The van der Waals surface area contributed by atoms with Crippen LogP contribution in [0.15, 0.2) is 10.5 Å². The smallest absolute Gasteiger partial charge is 0.107 e. The van der Waals surface area contributed by atoms with Crippen LogP contribution in [0.3, 0.4) is 0 Å². The van der Waals surface area contributed by atoms with Crippen molar-refractivity contribution in [2.75, 3.05) is 26.7 Å². The van der Waals surface area contributed by atoms with Crippen LogP contribution < -0.4 is 5.32 Å². The van der Waals surface area contributed by atoms with Crippen LogP contribution in [-0.4, -0.2) is 31.6 Å². The molecule has 0 amide bonds. The Labute approximate surface area is 133 Å². The topological polar surface area (TPSA) is 15.3 Å². The van der Waals surface area contributed by atoms with E-state index in [1.54, 1.807) is 11.3 Å². The van der Waals surface area contributed by atoms with Crippen molar-refractivity contribution in [3.05, 3.63) is 19.8 Å². The van der Waals surface area contributed by atoms with Crippen molar-refractivity contribution >= 4 is 38.9 Å². The van der Waals surface area contributed by atoms with Gasteiger partial charge in [0, 0.05) is 15.4 Å². The van der Waals surface area contributed by atoms with E-state index in [1.165, 1.54) is 30.7 Å². The van der Waals surface area contributed by atoms with Crippen molar-refractivity contribution in [3.8, 4) is 0 Å². The summed E-state index contributed by atoms with van der Waals surface area (Å²) in [6.07, 6.45) is 3.94. The van der Waals surface area contributed by atoms with Crippen LogP contribution >= 0.6 is 38.9 Å². The van der Waals surface area contributed by atoms with Gasteiger partial charge in [0.25, 0.3) is 0 Å². The molecular formula is C14H22BrClN2S. The highest BCUT2D eigenvalue weighted by Gasteiger charge is 2.31. The largest absolute Gasteiger partial charge is 0.319 e. The summed E-state index contributed by atoms with van der Waals surface area (Å²) >= 11 is 11.5. The summed E-state index contributed by atoms with van der Waals surface area (Å²) in [6, 6.07) is 2.72. The van der Waals surface area contributed by atoms with Gasteiger partial charge in [-0.05, 0) is 67.4 Å². The number of nitrogens with one attached hydrogen (secondary N) is 1. The molecular weight excluding hydrogens is 344 g/mol. The first-order valence-corrected chi connectivity index (χ1v) is 8.99. The summed E-state index contributed by atoms with van der Waals surface area (Å²) in [6.45, 7) is 5.65. The van der Waals surface area contributed by atoms with Crippen molar-refractivity contribution in [2.24, 2.45) is 5.92 Å². The molecule has 0 bridgehead atoms. The number of hydrogen-bond donors (Lipinski definition) is 1. The van der Waals surface area contributed by atoms with E-state index in [-0.39, 0.29) is 0 Å². The fourth-order valence-corrected chi connectivity index (χ4v) is 5.03. The van der Waals surface area contributed by atoms with Gasteiger partial charge < -0.3 is 5.32 Å². The van der Waals surface area contributed by atoms with Crippen molar-refractivity contribution in [1.29, 1.82) is 0 Å². The molecule has 1 saturated heterocycles. The van der Waals surface area contributed by atoms with Gasteiger partial charge in [-0.15, -0.1) is 11.3 Å². The summed E-state index contributed by atoms with van der Waals surface area (Å²) in [7, 11) is 2.05. The molecule has 1 aromatic heterocycles.